The van der Waals surface area contributed by atoms with E-state index in [2.05, 4.69) is 17.2 Å². The van der Waals surface area contributed by atoms with E-state index in [1.54, 1.807) is 0 Å². The van der Waals surface area contributed by atoms with Crippen molar-refractivity contribution < 1.29 is 9.21 Å². The molecular formula is C15H27N3O2. The number of aromatic nitrogens is 1. The number of amides is 1. The molecule has 0 saturated carbocycles. The van der Waals surface area contributed by atoms with Crippen LogP contribution in [-0.2, 0) is 0 Å². The van der Waals surface area contributed by atoms with Crippen molar-refractivity contribution in [2.24, 2.45) is 5.73 Å². The van der Waals surface area contributed by atoms with Gasteiger partial charge in [0.15, 0.2) is 5.69 Å². The van der Waals surface area contributed by atoms with Crippen molar-refractivity contribution in [3.8, 4) is 0 Å². The molecule has 1 heterocycles. The lowest BCUT2D eigenvalue weighted by Gasteiger charge is -2.12. The molecule has 5 nitrogen and oxygen atoms in total. The molecule has 114 valence electrons. The van der Waals surface area contributed by atoms with Crippen LogP contribution in [0.1, 0.15) is 81.7 Å². The topological polar surface area (TPSA) is 81.2 Å². The molecule has 20 heavy (non-hydrogen) atoms. The highest BCUT2D eigenvalue weighted by Gasteiger charge is 2.17. The largest absolute Gasteiger partial charge is 0.446 e. The Labute approximate surface area is 121 Å². The van der Waals surface area contributed by atoms with Gasteiger partial charge in [-0.05, 0) is 19.8 Å². The van der Waals surface area contributed by atoms with Crippen molar-refractivity contribution in [2.75, 3.05) is 0 Å². The van der Waals surface area contributed by atoms with Gasteiger partial charge in [0.25, 0.3) is 5.91 Å². The maximum Gasteiger partial charge on any atom is 0.273 e. The second kappa shape index (κ2) is 8.74. The van der Waals surface area contributed by atoms with Crippen LogP contribution in [0.4, 0.5) is 0 Å². The Bertz CT molecular complexity index is 404. The molecular weight excluding hydrogens is 254 g/mol. The number of nitrogens with two attached hydrogens (primary N) is 1. The molecule has 3 N–H and O–H groups in total. The summed E-state index contributed by atoms with van der Waals surface area (Å²) in [6.07, 6.45) is 7.93. The van der Waals surface area contributed by atoms with E-state index in [1.807, 2.05) is 13.8 Å². The third-order valence-corrected chi connectivity index (χ3v) is 3.38. The fraction of sp³-hybridized carbons (Fsp3) is 0.733. The van der Waals surface area contributed by atoms with E-state index in [4.69, 9.17) is 10.2 Å². The van der Waals surface area contributed by atoms with Gasteiger partial charge >= 0.3 is 0 Å². The first-order valence-electron chi connectivity index (χ1n) is 7.60. The van der Waals surface area contributed by atoms with Crippen LogP contribution >= 0.6 is 0 Å². The lowest BCUT2D eigenvalue weighted by atomic mass is 10.1. The number of unbranched alkanes of at least 4 members (excludes halogenated alkanes) is 3. The minimum Gasteiger partial charge on any atom is -0.446 e. The third-order valence-electron chi connectivity index (χ3n) is 3.38. The first-order chi connectivity index (χ1) is 9.58. The van der Waals surface area contributed by atoms with Crippen LogP contribution in [0, 0.1) is 0 Å². The van der Waals surface area contributed by atoms with E-state index in [0.717, 1.165) is 19.3 Å². The Morgan fingerprint density at radius 3 is 2.80 bits per heavy atom. The van der Waals surface area contributed by atoms with Gasteiger partial charge < -0.3 is 15.5 Å². The van der Waals surface area contributed by atoms with Crippen LogP contribution in [0.5, 0.6) is 0 Å². The molecule has 2 unspecified atom stereocenters. The first kappa shape index (κ1) is 16.7. The van der Waals surface area contributed by atoms with Crippen LogP contribution < -0.4 is 11.1 Å². The Morgan fingerprint density at radius 1 is 1.40 bits per heavy atom. The molecule has 0 aliphatic heterocycles. The maximum atomic E-state index is 12.0. The lowest BCUT2D eigenvalue weighted by Crippen LogP contribution is -2.32. The van der Waals surface area contributed by atoms with E-state index >= 15 is 0 Å². The summed E-state index contributed by atoms with van der Waals surface area (Å²) in [5.41, 5.74) is 6.12. The number of nitrogens with zero attached hydrogens (tertiary/aromatic N) is 1. The minimum atomic E-state index is -0.247. The number of oxazole rings is 1. The number of carbonyl (C=O) groups excluding carboxylic acids is 1. The number of nitrogens with one attached hydrogen (secondary N) is 1. The molecule has 2 atom stereocenters. The smallest absolute Gasteiger partial charge is 0.273 e. The van der Waals surface area contributed by atoms with Crippen LogP contribution in [0.2, 0.25) is 0 Å². The summed E-state index contributed by atoms with van der Waals surface area (Å²) >= 11 is 0. The number of rotatable bonds is 9. The van der Waals surface area contributed by atoms with Gasteiger partial charge in [0.2, 0.25) is 5.89 Å². The van der Waals surface area contributed by atoms with E-state index < -0.39 is 0 Å². The molecule has 1 aromatic heterocycles. The number of carbonyl (C=O) groups is 1. The van der Waals surface area contributed by atoms with Gasteiger partial charge in [-0.1, -0.05) is 39.5 Å². The van der Waals surface area contributed by atoms with Crippen molar-refractivity contribution in [3.63, 3.8) is 0 Å². The van der Waals surface area contributed by atoms with Gasteiger partial charge in [0.05, 0.1) is 6.04 Å². The van der Waals surface area contributed by atoms with Gasteiger partial charge in [-0.15, -0.1) is 0 Å². The van der Waals surface area contributed by atoms with Gasteiger partial charge in [0, 0.05) is 6.04 Å². The lowest BCUT2D eigenvalue weighted by molar-refractivity contribution is 0.0932. The molecule has 1 amide bonds. The molecule has 0 spiro atoms. The molecule has 5 heteroatoms. The van der Waals surface area contributed by atoms with Crippen molar-refractivity contribution in [2.45, 2.75) is 71.4 Å². The first-order valence-corrected chi connectivity index (χ1v) is 7.60. The highest BCUT2D eigenvalue weighted by molar-refractivity contribution is 5.92. The average molecular weight is 281 g/mol. The SMILES string of the molecule is CCCCCCC(C)NC(=O)c1coc(C(N)CC)n1. The van der Waals surface area contributed by atoms with Gasteiger partial charge in [-0.25, -0.2) is 4.98 Å². The summed E-state index contributed by atoms with van der Waals surface area (Å²) in [6.45, 7) is 6.16. The standard InChI is InChI=1S/C15H27N3O2/c1-4-6-7-8-9-11(3)17-14(19)13-10-20-15(18-13)12(16)5-2/h10-12H,4-9,16H2,1-3H3,(H,17,19). The summed E-state index contributed by atoms with van der Waals surface area (Å²) < 4.78 is 5.24. The minimum absolute atomic E-state index is 0.152. The van der Waals surface area contributed by atoms with Crippen LogP contribution in [0.3, 0.4) is 0 Å². The molecule has 1 aromatic rings. The van der Waals surface area contributed by atoms with Crippen molar-refractivity contribution in [3.05, 3.63) is 17.8 Å². The predicted molar refractivity (Wildman–Crippen MR) is 79.4 cm³/mol. The quantitative estimate of drug-likeness (QED) is 0.681. The number of hydrogen-bond acceptors (Lipinski definition) is 4. The predicted octanol–water partition coefficient (Wildman–Crippen LogP) is 3.17. The summed E-state index contributed by atoms with van der Waals surface area (Å²) in [6, 6.07) is -0.0950. The molecule has 0 aliphatic rings. The van der Waals surface area contributed by atoms with Crippen molar-refractivity contribution in [1.82, 2.24) is 10.3 Å². The van der Waals surface area contributed by atoms with Crippen molar-refractivity contribution >= 4 is 5.91 Å². The second-order valence-corrected chi connectivity index (χ2v) is 5.31. The van der Waals surface area contributed by atoms with Gasteiger partial charge in [-0.2, -0.15) is 0 Å². The summed E-state index contributed by atoms with van der Waals surface area (Å²) in [5.74, 6) is 0.236. The molecule has 0 bridgehead atoms. The maximum absolute atomic E-state index is 12.0. The number of hydrogen-bond donors (Lipinski definition) is 2. The Morgan fingerprint density at radius 2 is 2.15 bits per heavy atom. The molecule has 0 radical (unpaired) electrons. The third kappa shape index (κ3) is 5.33. The average Bonchev–Trinajstić information content (AvgIpc) is 2.92. The highest BCUT2D eigenvalue weighted by atomic mass is 16.3. The van der Waals surface area contributed by atoms with Crippen LogP contribution in [-0.4, -0.2) is 16.9 Å². The monoisotopic (exact) mass is 281 g/mol. The summed E-state index contributed by atoms with van der Waals surface area (Å²) in [5, 5.41) is 2.94. The second-order valence-electron chi connectivity index (χ2n) is 5.31. The van der Waals surface area contributed by atoms with E-state index in [9.17, 15) is 4.79 Å². The van der Waals surface area contributed by atoms with Crippen LogP contribution in [0.25, 0.3) is 0 Å². The fourth-order valence-electron chi connectivity index (χ4n) is 1.98. The zero-order chi connectivity index (χ0) is 15.0. The zero-order valence-electron chi connectivity index (χ0n) is 12.8. The normalized spacial score (nSPS) is 14.0. The Kier molecular flexibility index (Phi) is 7.30. The van der Waals surface area contributed by atoms with Crippen molar-refractivity contribution in [1.29, 1.82) is 0 Å². The summed E-state index contributed by atoms with van der Waals surface area (Å²) in [4.78, 5) is 16.1. The summed E-state index contributed by atoms with van der Waals surface area (Å²) in [7, 11) is 0. The van der Waals surface area contributed by atoms with E-state index in [0.29, 0.717) is 11.6 Å². The van der Waals surface area contributed by atoms with Gasteiger partial charge in [-0.3, -0.25) is 4.79 Å². The molecule has 0 fully saturated rings. The van der Waals surface area contributed by atoms with E-state index in [1.165, 1.54) is 25.5 Å². The molecule has 1 rings (SSSR count). The van der Waals surface area contributed by atoms with Gasteiger partial charge in [0.1, 0.15) is 6.26 Å². The van der Waals surface area contributed by atoms with E-state index in [-0.39, 0.29) is 18.0 Å². The fourth-order valence-corrected chi connectivity index (χ4v) is 1.98. The molecule has 0 aliphatic carbocycles. The van der Waals surface area contributed by atoms with Crippen LogP contribution in [0.15, 0.2) is 10.7 Å². The molecule has 0 aromatic carbocycles. The Hall–Kier alpha value is -1.36. The highest BCUT2D eigenvalue weighted by Crippen LogP contribution is 2.13. The zero-order valence-corrected chi connectivity index (χ0v) is 12.8. The Balaban J connectivity index is 2.40. The molecule has 0 saturated heterocycles.